The highest BCUT2D eigenvalue weighted by Crippen LogP contribution is 2.26. The van der Waals surface area contributed by atoms with Crippen LogP contribution < -0.4 is 0 Å². The molecule has 0 aliphatic rings. The Bertz CT molecular complexity index is 428. The van der Waals surface area contributed by atoms with Gasteiger partial charge in [-0.05, 0) is 28.7 Å². The summed E-state index contributed by atoms with van der Waals surface area (Å²) < 4.78 is 0.653. The highest BCUT2D eigenvalue weighted by molar-refractivity contribution is 14.1. The first kappa shape index (κ1) is 11.2. The third kappa shape index (κ3) is 2.13. The van der Waals surface area contributed by atoms with Gasteiger partial charge in [-0.2, -0.15) is 5.26 Å². The van der Waals surface area contributed by atoms with E-state index in [0.29, 0.717) is 3.57 Å². The van der Waals surface area contributed by atoms with E-state index in [9.17, 15) is 10.1 Å². The molecular formula is C8H4ClIN2O2. The maximum Gasteiger partial charge on any atom is 0.276 e. The minimum absolute atomic E-state index is 0.0316. The molecule has 0 N–H and O–H groups in total. The Morgan fingerprint density at radius 1 is 1.64 bits per heavy atom. The van der Waals surface area contributed by atoms with Crippen LogP contribution in [-0.2, 0) is 5.88 Å². The van der Waals surface area contributed by atoms with E-state index in [1.807, 2.05) is 28.7 Å². The average molecular weight is 322 g/mol. The second-order valence-corrected chi connectivity index (χ2v) is 3.97. The van der Waals surface area contributed by atoms with Crippen molar-refractivity contribution in [1.29, 1.82) is 5.26 Å². The number of benzene rings is 1. The molecule has 0 radical (unpaired) electrons. The van der Waals surface area contributed by atoms with Gasteiger partial charge in [-0.25, -0.2) is 0 Å². The number of halogens is 2. The number of alkyl halides is 1. The molecule has 4 nitrogen and oxygen atoms in total. The zero-order valence-electron chi connectivity index (χ0n) is 6.83. The predicted molar refractivity (Wildman–Crippen MR) is 60.1 cm³/mol. The fraction of sp³-hybridized carbons (Fsp3) is 0.125. The molecule has 0 fully saturated rings. The number of nitro groups is 1. The molecule has 1 rings (SSSR count). The van der Waals surface area contributed by atoms with Crippen molar-refractivity contribution in [2.45, 2.75) is 5.88 Å². The van der Waals surface area contributed by atoms with Crippen LogP contribution in [0.25, 0.3) is 0 Å². The quantitative estimate of drug-likeness (QED) is 0.364. The molecule has 0 unspecified atom stereocenters. The van der Waals surface area contributed by atoms with E-state index in [0.717, 1.165) is 0 Å². The van der Waals surface area contributed by atoms with E-state index in [4.69, 9.17) is 16.9 Å². The maximum absolute atomic E-state index is 10.6. The highest BCUT2D eigenvalue weighted by Gasteiger charge is 2.17. The Hall–Kier alpha value is -0.870. The van der Waals surface area contributed by atoms with Gasteiger partial charge in [-0.3, -0.25) is 10.1 Å². The summed E-state index contributed by atoms with van der Waals surface area (Å²) in [5, 5.41) is 19.4. The number of nitrogens with zero attached hydrogens (tertiary/aromatic N) is 2. The van der Waals surface area contributed by atoms with Gasteiger partial charge in [0.2, 0.25) is 0 Å². The zero-order chi connectivity index (χ0) is 10.7. The molecule has 0 aliphatic heterocycles. The fourth-order valence-electron chi connectivity index (χ4n) is 1.03. The van der Waals surface area contributed by atoms with Crippen LogP contribution in [0.5, 0.6) is 0 Å². The number of rotatable bonds is 2. The van der Waals surface area contributed by atoms with Crippen molar-refractivity contribution in [3.05, 3.63) is 36.9 Å². The minimum atomic E-state index is -0.527. The fourth-order valence-corrected chi connectivity index (χ4v) is 1.91. The first-order chi connectivity index (χ1) is 6.60. The molecule has 0 heterocycles. The summed E-state index contributed by atoms with van der Waals surface area (Å²) in [6.07, 6.45) is 0. The predicted octanol–water partition coefficient (Wildman–Crippen LogP) is 2.81. The molecule has 1 aromatic carbocycles. The Labute approximate surface area is 98.8 Å². The van der Waals surface area contributed by atoms with Crippen molar-refractivity contribution in [3.63, 3.8) is 0 Å². The van der Waals surface area contributed by atoms with E-state index in [-0.39, 0.29) is 22.7 Å². The lowest BCUT2D eigenvalue weighted by Crippen LogP contribution is -1.97. The van der Waals surface area contributed by atoms with E-state index < -0.39 is 4.92 Å². The molecular weight excluding hydrogens is 318 g/mol. The average Bonchev–Trinajstić information content (AvgIpc) is 2.16. The van der Waals surface area contributed by atoms with Crippen LogP contribution in [-0.4, -0.2) is 4.92 Å². The third-order valence-corrected chi connectivity index (χ3v) is 2.53. The van der Waals surface area contributed by atoms with Gasteiger partial charge in [-0.15, -0.1) is 11.6 Å². The van der Waals surface area contributed by atoms with Gasteiger partial charge in [0, 0.05) is 9.64 Å². The summed E-state index contributed by atoms with van der Waals surface area (Å²) in [6, 6.07) is 4.87. The number of nitro benzene ring substituents is 1. The van der Waals surface area contributed by atoms with Crippen LogP contribution in [0.3, 0.4) is 0 Å². The summed E-state index contributed by atoms with van der Waals surface area (Å²) >= 11 is 7.48. The summed E-state index contributed by atoms with van der Waals surface area (Å²) in [5.74, 6) is -0.0316. The normalized spacial score (nSPS) is 9.50. The minimum Gasteiger partial charge on any atom is -0.258 e. The van der Waals surface area contributed by atoms with Crippen molar-refractivity contribution < 1.29 is 4.92 Å². The van der Waals surface area contributed by atoms with Gasteiger partial charge in [0.1, 0.15) is 0 Å². The molecule has 0 amide bonds. The number of hydrogen-bond donors (Lipinski definition) is 0. The number of hydrogen-bond acceptors (Lipinski definition) is 3. The van der Waals surface area contributed by atoms with Crippen LogP contribution in [0.15, 0.2) is 12.1 Å². The second-order valence-electron chi connectivity index (χ2n) is 2.45. The Morgan fingerprint density at radius 2 is 2.29 bits per heavy atom. The Balaban J connectivity index is 3.49. The largest absolute Gasteiger partial charge is 0.276 e. The maximum atomic E-state index is 10.6. The number of nitriles is 1. The molecule has 1 aromatic rings. The highest BCUT2D eigenvalue weighted by atomic mass is 127. The first-order valence-electron chi connectivity index (χ1n) is 3.53. The Kier molecular flexibility index (Phi) is 3.66. The smallest absolute Gasteiger partial charge is 0.258 e. The van der Waals surface area contributed by atoms with Crippen LogP contribution in [0.1, 0.15) is 11.1 Å². The SMILES string of the molecule is N#Cc1cc(I)cc([N+](=O)[O-])c1CCl. The van der Waals surface area contributed by atoms with Crippen LogP contribution >= 0.6 is 34.2 Å². The molecule has 0 saturated heterocycles. The van der Waals surface area contributed by atoms with E-state index in [2.05, 4.69) is 0 Å². The van der Waals surface area contributed by atoms with Crippen molar-refractivity contribution in [2.24, 2.45) is 0 Å². The molecule has 72 valence electrons. The lowest BCUT2D eigenvalue weighted by molar-refractivity contribution is -0.385. The van der Waals surface area contributed by atoms with Gasteiger partial charge in [0.25, 0.3) is 5.69 Å². The molecule has 0 aliphatic carbocycles. The third-order valence-electron chi connectivity index (χ3n) is 1.64. The summed E-state index contributed by atoms with van der Waals surface area (Å²) in [4.78, 5) is 10.1. The summed E-state index contributed by atoms with van der Waals surface area (Å²) in [7, 11) is 0. The van der Waals surface area contributed by atoms with Crippen molar-refractivity contribution >= 4 is 39.9 Å². The van der Waals surface area contributed by atoms with Gasteiger partial charge in [0.05, 0.1) is 28.0 Å². The first-order valence-corrected chi connectivity index (χ1v) is 5.14. The van der Waals surface area contributed by atoms with Crippen molar-refractivity contribution in [2.75, 3.05) is 0 Å². The van der Waals surface area contributed by atoms with Crippen LogP contribution in [0.2, 0.25) is 0 Å². The van der Waals surface area contributed by atoms with Crippen molar-refractivity contribution in [1.82, 2.24) is 0 Å². The van der Waals surface area contributed by atoms with Gasteiger partial charge in [-0.1, -0.05) is 0 Å². The Morgan fingerprint density at radius 3 is 2.71 bits per heavy atom. The zero-order valence-corrected chi connectivity index (χ0v) is 9.74. The molecule has 0 aromatic heterocycles. The summed E-state index contributed by atoms with van der Waals surface area (Å²) in [5.41, 5.74) is 0.446. The molecule has 0 saturated carbocycles. The van der Waals surface area contributed by atoms with E-state index >= 15 is 0 Å². The lowest BCUT2D eigenvalue weighted by atomic mass is 10.1. The molecule has 14 heavy (non-hydrogen) atoms. The van der Waals surface area contributed by atoms with Gasteiger partial charge in [0.15, 0.2) is 0 Å². The lowest BCUT2D eigenvalue weighted by Gasteiger charge is -2.01. The van der Waals surface area contributed by atoms with E-state index in [1.54, 1.807) is 6.07 Å². The summed E-state index contributed by atoms with van der Waals surface area (Å²) in [6.45, 7) is 0. The van der Waals surface area contributed by atoms with Crippen LogP contribution in [0, 0.1) is 25.0 Å². The van der Waals surface area contributed by atoms with E-state index in [1.165, 1.54) is 6.07 Å². The van der Waals surface area contributed by atoms with Crippen LogP contribution in [0.4, 0.5) is 5.69 Å². The van der Waals surface area contributed by atoms with Crippen molar-refractivity contribution in [3.8, 4) is 6.07 Å². The topological polar surface area (TPSA) is 66.9 Å². The van der Waals surface area contributed by atoms with Gasteiger partial charge >= 0.3 is 0 Å². The molecule has 0 spiro atoms. The second kappa shape index (κ2) is 4.57. The standard InChI is InChI=1S/C8H4ClIN2O2/c9-3-7-5(4-11)1-6(10)2-8(7)12(13)14/h1-2H,3H2. The molecule has 0 atom stereocenters. The molecule has 6 heteroatoms. The monoisotopic (exact) mass is 322 g/mol. The molecule has 0 bridgehead atoms. The van der Waals surface area contributed by atoms with Gasteiger partial charge < -0.3 is 0 Å².